The summed E-state index contributed by atoms with van der Waals surface area (Å²) < 4.78 is 17.7. The molecule has 0 saturated carbocycles. The van der Waals surface area contributed by atoms with E-state index in [1.54, 1.807) is 6.20 Å². The van der Waals surface area contributed by atoms with E-state index in [9.17, 15) is 0 Å². The molecule has 39 heavy (non-hydrogen) atoms. The minimum atomic E-state index is -3.22. The van der Waals surface area contributed by atoms with E-state index in [0.29, 0.717) is 0 Å². The molecular formula is C35H23N2OP. The summed E-state index contributed by atoms with van der Waals surface area (Å²) in [5, 5.41) is 1.77. The van der Waals surface area contributed by atoms with Gasteiger partial charge in [-0.05, 0) is 70.3 Å². The Labute approximate surface area is 227 Å². The molecule has 3 heterocycles. The first-order valence-corrected chi connectivity index (χ1v) is 14.7. The maximum absolute atomic E-state index is 15.6. The fraction of sp³-hybridized carbons (Fsp3) is 0. The van der Waals surface area contributed by atoms with E-state index in [4.69, 9.17) is 0 Å². The SMILES string of the molecule is O=P12c3ccccc3-c3cc(-c4ccccc4)ccc3N1c1ccc(-c3cccnc3)cc1-c1ccccc12. The zero-order valence-corrected chi connectivity index (χ0v) is 21.9. The Morgan fingerprint density at radius 1 is 0.487 bits per heavy atom. The highest BCUT2D eigenvalue weighted by molar-refractivity contribution is 7.81. The third kappa shape index (κ3) is 3.17. The van der Waals surface area contributed by atoms with E-state index in [1.807, 2.05) is 54.7 Å². The lowest BCUT2D eigenvalue weighted by Crippen LogP contribution is -2.37. The Morgan fingerprint density at radius 2 is 1.03 bits per heavy atom. The van der Waals surface area contributed by atoms with Gasteiger partial charge >= 0.3 is 0 Å². The minimum absolute atomic E-state index is 0.881. The van der Waals surface area contributed by atoms with Gasteiger partial charge in [-0.15, -0.1) is 0 Å². The largest absolute Gasteiger partial charge is 0.289 e. The van der Waals surface area contributed by atoms with Gasteiger partial charge in [0.05, 0.1) is 11.4 Å². The van der Waals surface area contributed by atoms with Crippen LogP contribution >= 0.6 is 7.29 Å². The van der Waals surface area contributed by atoms with Crippen LogP contribution in [0.25, 0.3) is 44.5 Å². The normalized spacial score (nSPS) is 16.4. The molecule has 0 spiro atoms. The van der Waals surface area contributed by atoms with Crippen LogP contribution in [0.4, 0.5) is 11.4 Å². The second kappa shape index (κ2) is 8.39. The van der Waals surface area contributed by atoms with Crippen LogP contribution < -0.4 is 15.3 Å². The maximum Gasteiger partial charge on any atom is 0.235 e. The van der Waals surface area contributed by atoms with Gasteiger partial charge in [0.25, 0.3) is 0 Å². The Bertz CT molecular complexity index is 1810. The lowest BCUT2D eigenvalue weighted by molar-refractivity contribution is 0.586. The van der Waals surface area contributed by atoms with E-state index >= 15 is 4.57 Å². The molecule has 8 rings (SSSR count). The highest BCUT2D eigenvalue weighted by Crippen LogP contribution is 2.66. The van der Waals surface area contributed by atoms with Crippen LogP contribution in [0.3, 0.4) is 0 Å². The topological polar surface area (TPSA) is 33.2 Å². The van der Waals surface area contributed by atoms with Crippen molar-refractivity contribution in [2.24, 2.45) is 0 Å². The average molecular weight is 519 g/mol. The highest BCUT2D eigenvalue weighted by Gasteiger charge is 2.47. The predicted octanol–water partition coefficient (Wildman–Crippen LogP) is 8.44. The number of pyridine rings is 1. The zero-order chi connectivity index (χ0) is 26.0. The minimum Gasteiger partial charge on any atom is -0.289 e. The van der Waals surface area contributed by atoms with E-state index < -0.39 is 7.29 Å². The monoisotopic (exact) mass is 518 g/mol. The predicted molar refractivity (Wildman–Crippen MR) is 161 cm³/mol. The van der Waals surface area contributed by atoms with Gasteiger partial charge in [0.15, 0.2) is 0 Å². The van der Waals surface area contributed by atoms with Crippen LogP contribution in [0.1, 0.15) is 0 Å². The Hall–Kier alpha value is -4.72. The molecule has 0 fully saturated rings. The third-order valence-corrected chi connectivity index (χ3v) is 11.0. The van der Waals surface area contributed by atoms with Crippen molar-refractivity contribution in [3.05, 3.63) is 140 Å². The Kier molecular flexibility index (Phi) is 4.79. The van der Waals surface area contributed by atoms with Gasteiger partial charge < -0.3 is 0 Å². The van der Waals surface area contributed by atoms with Crippen molar-refractivity contribution in [1.29, 1.82) is 0 Å². The van der Waals surface area contributed by atoms with Crippen molar-refractivity contribution in [1.82, 2.24) is 4.98 Å². The van der Waals surface area contributed by atoms with Crippen molar-refractivity contribution in [3.63, 3.8) is 0 Å². The van der Waals surface area contributed by atoms with Gasteiger partial charge in [-0.2, -0.15) is 0 Å². The van der Waals surface area contributed by atoms with Gasteiger partial charge in [0, 0.05) is 39.7 Å². The summed E-state index contributed by atoms with van der Waals surface area (Å²) in [5.74, 6) is 0. The Morgan fingerprint density at radius 3 is 1.62 bits per heavy atom. The van der Waals surface area contributed by atoms with Crippen LogP contribution in [-0.4, -0.2) is 4.98 Å². The third-order valence-electron chi connectivity index (χ3n) is 7.87. The van der Waals surface area contributed by atoms with E-state index in [-0.39, 0.29) is 0 Å². The summed E-state index contributed by atoms with van der Waals surface area (Å²) in [7, 11) is -3.22. The summed E-state index contributed by atoms with van der Waals surface area (Å²) in [5.41, 5.74) is 10.6. The first kappa shape index (κ1) is 22.3. The molecule has 0 N–H and O–H groups in total. The van der Waals surface area contributed by atoms with Gasteiger partial charge in [-0.3, -0.25) is 14.2 Å². The van der Waals surface area contributed by atoms with Gasteiger partial charge in [-0.25, -0.2) is 0 Å². The van der Waals surface area contributed by atoms with Crippen LogP contribution in [-0.2, 0) is 4.57 Å². The first-order chi connectivity index (χ1) is 19.2. The summed E-state index contributed by atoms with van der Waals surface area (Å²) in [6, 6.07) is 43.9. The molecule has 1 aromatic heterocycles. The molecule has 1 unspecified atom stereocenters. The van der Waals surface area contributed by atoms with E-state index in [1.165, 1.54) is 0 Å². The first-order valence-electron chi connectivity index (χ1n) is 13.1. The molecule has 0 amide bonds. The van der Waals surface area contributed by atoms with Crippen LogP contribution in [0.15, 0.2) is 140 Å². The van der Waals surface area contributed by atoms with Crippen LogP contribution in [0, 0.1) is 0 Å². The van der Waals surface area contributed by atoms with Crippen LogP contribution in [0.5, 0.6) is 0 Å². The van der Waals surface area contributed by atoms with E-state index in [2.05, 4.69) is 88.5 Å². The Balaban J connectivity index is 1.43. The molecule has 1 atom stereocenters. The fourth-order valence-corrected chi connectivity index (χ4v) is 9.37. The standard InChI is InChI=1S/C35H23N2OP/c38-39-34-14-6-4-12-28(34)30-21-25(24-9-2-1-3-10-24)16-18-32(30)37(39)33-19-17-26(27-11-8-20-36-23-27)22-31(33)29-13-5-7-15-35(29)39/h1-23H. The molecule has 5 aromatic carbocycles. The molecule has 4 heteroatoms. The number of hydrogen-bond donors (Lipinski definition) is 0. The quantitative estimate of drug-likeness (QED) is 0.216. The van der Waals surface area contributed by atoms with Crippen molar-refractivity contribution >= 4 is 29.3 Å². The summed E-state index contributed by atoms with van der Waals surface area (Å²) in [6.07, 6.45) is 3.68. The molecule has 2 aliphatic heterocycles. The zero-order valence-electron chi connectivity index (χ0n) is 21.0. The van der Waals surface area contributed by atoms with Crippen molar-refractivity contribution in [2.75, 3.05) is 4.67 Å². The number of anilines is 2. The lowest BCUT2D eigenvalue weighted by atomic mass is 9.95. The van der Waals surface area contributed by atoms with E-state index in [0.717, 1.165) is 66.5 Å². The smallest absolute Gasteiger partial charge is 0.235 e. The number of benzene rings is 5. The molecule has 0 aliphatic carbocycles. The van der Waals surface area contributed by atoms with Gasteiger partial charge in [0.2, 0.25) is 7.29 Å². The number of rotatable bonds is 2. The number of hydrogen-bond acceptors (Lipinski definition) is 2. The number of nitrogens with zero attached hydrogens (tertiary/aromatic N) is 2. The molecule has 3 nitrogen and oxygen atoms in total. The number of aromatic nitrogens is 1. The van der Waals surface area contributed by atoms with Crippen LogP contribution in [0.2, 0.25) is 0 Å². The van der Waals surface area contributed by atoms with Crippen molar-refractivity contribution < 1.29 is 4.57 Å². The lowest BCUT2D eigenvalue weighted by Gasteiger charge is -2.44. The average Bonchev–Trinajstić information content (AvgIpc) is 3.02. The molecule has 0 bridgehead atoms. The summed E-state index contributed by atoms with van der Waals surface area (Å²) >= 11 is 0. The second-order valence-electron chi connectivity index (χ2n) is 9.99. The molecule has 0 saturated heterocycles. The molecular weight excluding hydrogens is 495 g/mol. The van der Waals surface area contributed by atoms with Gasteiger partial charge in [0.1, 0.15) is 0 Å². The van der Waals surface area contributed by atoms with Crippen molar-refractivity contribution in [2.45, 2.75) is 0 Å². The maximum atomic E-state index is 15.6. The molecule has 0 radical (unpaired) electrons. The highest BCUT2D eigenvalue weighted by atomic mass is 31.2. The summed E-state index contributed by atoms with van der Waals surface area (Å²) in [4.78, 5) is 4.33. The fourth-order valence-electron chi connectivity index (χ4n) is 6.11. The molecule has 184 valence electrons. The van der Waals surface area contributed by atoms with Crippen molar-refractivity contribution in [3.8, 4) is 44.5 Å². The van der Waals surface area contributed by atoms with Gasteiger partial charge in [-0.1, -0.05) is 84.9 Å². The number of fused-ring (bicyclic) bond motifs is 11. The molecule has 2 aliphatic rings. The second-order valence-corrected chi connectivity index (χ2v) is 12.5. The molecule has 6 aromatic rings. The summed E-state index contributed by atoms with van der Waals surface area (Å²) in [6.45, 7) is 0.